The first-order valence-corrected chi connectivity index (χ1v) is 9.50. The summed E-state index contributed by atoms with van der Waals surface area (Å²) in [6.07, 6.45) is 8.68. The van der Waals surface area contributed by atoms with Crippen molar-refractivity contribution in [1.29, 1.82) is 0 Å². The topological polar surface area (TPSA) is 76.2 Å². The van der Waals surface area contributed by atoms with Crippen LogP contribution in [-0.4, -0.2) is 36.7 Å². The van der Waals surface area contributed by atoms with Crippen LogP contribution in [0.5, 0.6) is 0 Å². The van der Waals surface area contributed by atoms with E-state index in [1.165, 1.54) is 6.42 Å². The Balaban J connectivity index is 1.41. The number of hydrogen-bond donors (Lipinski definition) is 1. The smallest absolute Gasteiger partial charge is 0.283 e. The average Bonchev–Trinajstić information content (AvgIpc) is 3.05. The predicted octanol–water partition coefficient (Wildman–Crippen LogP) is 2.04. The third kappa shape index (κ3) is 1.88. The first kappa shape index (κ1) is 14.7. The highest BCUT2D eigenvalue weighted by molar-refractivity contribution is 5.98. The number of rotatable bonds is 1. The van der Waals surface area contributed by atoms with Gasteiger partial charge in [-0.1, -0.05) is 25.0 Å². The van der Waals surface area contributed by atoms with Crippen molar-refractivity contribution < 1.29 is 4.39 Å². The lowest BCUT2D eigenvalue weighted by molar-refractivity contribution is 0.161. The molecule has 6 rings (SSSR count). The minimum atomic E-state index is -0.410. The van der Waals surface area contributed by atoms with Crippen LogP contribution in [0.25, 0.3) is 0 Å². The van der Waals surface area contributed by atoms with E-state index in [-0.39, 0.29) is 12.2 Å². The number of aromatic nitrogens is 5. The SMILES string of the molecule is CC1CC1c1cn(C2=NNC3C4CCCCC4n4c(cnc4F)N23)nn1. The second kappa shape index (κ2) is 5.05. The number of fused-ring (bicyclic) bond motifs is 6. The molecule has 136 valence electrons. The van der Waals surface area contributed by atoms with Crippen LogP contribution in [0.4, 0.5) is 10.2 Å². The Morgan fingerprint density at radius 3 is 2.96 bits per heavy atom. The van der Waals surface area contributed by atoms with Crippen LogP contribution in [0.1, 0.15) is 56.7 Å². The van der Waals surface area contributed by atoms with Crippen LogP contribution < -0.4 is 10.3 Å². The number of hydrazone groups is 1. The fraction of sp³-hybridized carbons (Fsp3) is 0.647. The van der Waals surface area contributed by atoms with Gasteiger partial charge < -0.3 is 0 Å². The molecule has 2 aromatic heterocycles. The molecule has 0 amide bonds. The molecule has 5 unspecified atom stereocenters. The molecule has 4 heterocycles. The summed E-state index contributed by atoms with van der Waals surface area (Å²) < 4.78 is 17.9. The summed E-state index contributed by atoms with van der Waals surface area (Å²) >= 11 is 0. The average molecular weight is 356 g/mol. The zero-order valence-electron chi connectivity index (χ0n) is 14.6. The van der Waals surface area contributed by atoms with Gasteiger partial charge in [-0.05, 0) is 25.2 Å². The highest BCUT2D eigenvalue weighted by Crippen LogP contribution is 2.47. The van der Waals surface area contributed by atoms with Gasteiger partial charge in [0.1, 0.15) is 12.0 Å². The van der Waals surface area contributed by atoms with Gasteiger partial charge in [0.05, 0.1) is 18.1 Å². The molecule has 4 aliphatic rings. The van der Waals surface area contributed by atoms with Crippen molar-refractivity contribution >= 4 is 11.8 Å². The van der Waals surface area contributed by atoms with Crippen molar-refractivity contribution in [2.24, 2.45) is 16.9 Å². The third-order valence-electron chi connectivity index (χ3n) is 6.49. The fourth-order valence-electron chi connectivity index (χ4n) is 4.98. The van der Waals surface area contributed by atoms with E-state index in [1.54, 1.807) is 15.4 Å². The highest BCUT2D eigenvalue weighted by atomic mass is 19.1. The highest BCUT2D eigenvalue weighted by Gasteiger charge is 2.48. The quantitative estimate of drug-likeness (QED) is 0.846. The number of halogens is 1. The molecule has 1 N–H and O–H groups in total. The van der Waals surface area contributed by atoms with Gasteiger partial charge in [-0.3, -0.25) is 14.9 Å². The van der Waals surface area contributed by atoms with Crippen molar-refractivity contribution in [2.75, 3.05) is 4.90 Å². The van der Waals surface area contributed by atoms with Gasteiger partial charge in [0.15, 0.2) is 0 Å². The maximum Gasteiger partial charge on any atom is 0.291 e. The van der Waals surface area contributed by atoms with Crippen LogP contribution in [0.3, 0.4) is 0 Å². The van der Waals surface area contributed by atoms with Crippen molar-refractivity contribution in [2.45, 2.75) is 57.2 Å². The van der Waals surface area contributed by atoms with Crippen molar-refractivity contribution in [3.63, 3.8) is 0 Å². The zero-order chi connectivity index (χ0) is 17.4. The summed E-state index contributed by atoms with van der Waals surface area (Å²) in [5.41, 5.74) is 4.29. The van der Waals surface area contributed by atoms with Gasteiger partial charge in [-0.15, -0.1) is 10.2 Å². The first-order chi connectivity index (χ1) is 12.7. The second-order valence-corrected chi connectivity index (χ2v) is 8.03. The van der Waals surface area contributed by atoms with Crippen molar-refractivity contribution in [3.05, 3.63) is 24.2 Å². The number of nitrogens with zero attached hydrogens (tertiary/aromatic N) is 7. The summed E-state index contributed by atoms with van der Waals surface area (Å²) in [6, 6.07) is 0.142. The molecule has 5 atom stereocenters. The Labute approximate surface area is 150 Å². The minimum absolute atomic E-state index is 0.0198. The van der Waals surface area contributed by atoms with Crippen LogP contribution in [0, 0.1) is 17.9 Å². The summed E-state index contributed by atoms with van der Waals surface area (Å²) in [5, 5.41) is 13.2. The Morgan fingerprint density at radius 1 is 1.27 bits per heavy atom. The second-order valence-electron chi connectivity index (χ2n) is 8.03. The van der Waals surface area contributed by atoms with E-state index >= 15 is 0 Å². The number of hydrogen-bond acceptors (Lipinski definition) is 6. The van der Waals surface area contributed by atoms with E-state index in [4.69, 9.17) is 0 Å². The number of imidazole rings is 1. The van der Waals surface area contributed by atoms with Crippen LogP contribution >= 0.6 is 0 Å². The molecular formula is C17H21FN8. The van der Waals surface area contributed by atoms with Gasteiger partial charge in [-0.25, -0.2) is 4.98 Å². The largest absolute Gasteiger partial charge is 0.291 e. The van der Waals surface area contributed by atoms with E-state index in [0.717, 1.165) is 37.2 Å². The predicted molar refractivity (Wildman–Crippen MR) is 92.0 cm³/mol. The third-order valence-corrected chi connectivity index (χ3v) is 6.49. The van der Waals surface area contributed by atoms with Gasteiger partial charge in [0.25, 0.3) is 12.0 Å². The van der Waals surface area contributed by atoms with Gasteiger partial charge in [-0.2, -0.15) is 9.07 Å². The summed E-state index contributed by atoms with van der Waals surface area (Å²) in [7, 11) is 0. The standard InChI is InChI=1S/C17H21FN8/c1-9-6-11(9)12-8-24(23-20-12)17-22-21-15-10-4-2-3-5-13(10)25-14(26(15)17)7-19-16(25)18/h7-11,13,15,21H,2-6H2,1H3. The molecule has 0 aromatic carbocycles. The molecule has 0 spiro atoms. The summed E-state index contributed by atoms with van der Waals surface area (Å²) in [5.74, 6) is 2.86. The number of nitrogens with one attached hydrogen (secondary N) is 1. The van der Waals surface area contributed by atoms with Crippen LogP contribution in [0.2, 0.25) is 0 Å². The Kier molecular flexibility index (Phi) is 2.85. The van der Waals surface area contributed by atoms with E-state index < -0.39 is 6.08 Å². The van der Waals surface area contributed by atoms with Gasteiger partial charge in [0, 0.05) is 17.9 Å². The van der Waals surface area contributed by atoms with Gasteiger partial charge >= 0.3 is 0 Å². The monoisotopic (exact) mass is 356 g/mol. The molecule has 0 saturated heterocycles. The Bertz CT molecular complexity index is 900. The van der Waals surface area contributed by atoms with Crippen molar-refractivity contribution in [1.82, 2.24) is 30.0 Å². The molecule has 0 radical (unpaired) electrons. The maximum absolute atomic E-state index is 14.5. The van der Waals surface area contributed by atoms with E-state index in [0.29, 0.717) is 23.7 Å². The lowest BCUT2D eigenvalue weighted by Gasteiger charge is -2.45. The van der Waals surface area contributed by atoms with Gasteiger partial charge in [0.2, 0.25) is 0 Å². The molecule has 2 fully saturated rings. The normalized spacial score (nSPS) is 34.6. The van der Waals surface area contributed by atoms with Crippen molar-refractivity contribution in [3.8, 4) is 0 Å². The maximum atomic E-state index is 14.5. The molecule has 26 heavy (non-hydrogen) atoms. The van der Waals surface area contributed by atoms with E-state index in [2.05, 4.69) is 32.7 Å². The molecular weight excluding hydrogens is 335 g/mol. The first-order valence-electron chi connectivity index (χ1n) is 9.50. The lowest BCUT2D eigenvalue weighted by Crippen LogP contribution is -2.55. The zero-order valence-corrected chi connectivity index (χ0v) is 14.6. The number of anilines is 1. The Morgan fingerprint density at radius 2 is 2.12 bits per heavy atom. The minimum Gasteiger partial charge on any atom is -0.283 e. The van der Waals surface area contributed by atoms with Crippen LogP contribution in [0.15, 0.2) is 17.5 Å². The molecule has 2 aromatic rings. The van der Waals surface area contributed by atoms with E-state index in [1.807, 2.05) is 11.1 Å². The molecule has 2 aliphatic heterocycles. The van der Waals surface area contributed by atoms with E-state index in [9.17, 15) is 4.39 Å². The van der Waals surface area contributed by atoms with Crippen LogP contribution in [-0.2, 0) is 0 Å². The summed E-state index contributed by atoms with van der Waals surface area (Å²) in [4.78, 5) is 6.00. The fourth-order valence-corrected chi connectivity index (χ4v) is 4.98. The summed E-state index contributed by atoms with van der Waals surface area (Å²) in [6.45, 7) is 2.23. The molecule has 2 aliphatic carbocycles. The molecule has 0 bridgehead atoms. The molecule has 2 saturated carbocycles. The molecule has 8 nitrogen and oxygen atoms in total. The Hall–Kier alpha value is -2.45. The molecule has 9 heteroatoms. The lowest BCUT2D eigenvalue weighted by atomic mass is 9.80.